The first-order chi connectivity index (χ1) is 12.4. The summed E-state index contributed by atoms with van der Waals surface area (Å²) in [5, 5.41) is 3.00. The highest BCUT2D eigenvalue weighted by molar-refractivity contribution is 5.75. The molecule has 1 aromatic carbocycles. The summed E-state index contributed by atoms with van der Waals surface area (Å²) < 4.78 is 26.7. The van der Waals surface area contributed by atoms with Gasteiger partial charge in [-0.3, -0.25) is 4.98 Å². The van der Waals surface area contributed by atoms with Crippen molar-refractivity contribution in [2.24, 2.45) is 0 Å². The Hall–Kier alpha value is -2.50. The summed E-state index contributed by atoms with van der Waals surface area (Å²) in [5.74, 6) is -2.67. The maximum Gasteiger partial charge on any atom is 0.318 e. The third-order valence-electron chi connectivity index (χ3n) is 4.93. The Bertz CT molecular complexity index is 770. The number of urea groups is 1. The van der Waals surface area contributed by atoms with Crippen molar-refractivity contribution in [1.82, 2.24) is 15.2 Å². The molecule has 0 saturated carbocycles. The number of hydrogen-bond donors (Lipinski definition) is 1. The molecule has 1 saturated heterocycles. The van der Waals surface area contributed by atoms with E-state index in [2.05, 4.69) is 10.3 Å². The van der Waals surface area contributed by atoms with Gasteiger partial charge in [-0.15, -0.1) is 0 Å². The van der Waals surface area contributed by atoms with Crippen LogP contribution >= 0.6 is 0 Å². The van der Waals surface area contributed by atoms with Crippen LogP contribution in [0.5, 0.6) is 0 Å². The fourth-order valence-electron chi connectivity index (χ4n) is 3.10. The van der Waals surface area contributed by atoms with Gasteiger partial charge >= 0.3 is 6.03 Å². The summed E-state index contributed by atoms with van der Waals surface area (Å²) in [7, 11) is 0. The topological polar surface area (TPSA) is 45.2 Å². The lowest BCUT2D eigenvalue weighted by Crippen LogP contribution is -2.48. The van der Waals surface area contributed by atoms with Crippen LogP contribution in [0.3, 0.4) is 0 Å². The molecule has 1 fully saturated rings. The van der Waals surface area contributed by atoms with Gasteiger partial charge in [0.25, 0.3) is 5.92 Å². The van der Waals surface area contributed by atoms with Crippen molar-refractivity contribution >= 4 is 6.03 Å². The normalized spacial score (nSPS) is 17.6. The van der Waals surface area contributed by atoms with Crippen molar-refractivity contribution < 1.29 is 13.6 Å². The molecule has 0 spiro atoms. The van der Waals surface area contributed by atoms with Crippen LogP contribution in [0.4, 0.5) is 13.6 Å². The lowest BCUT2D eigenvalue weighted by atomic mass is 9.96. The average molecular weight is 359 g/mol. The van der Waals surface area contributed by atoms with Crippen LogP contribution in [0.1, 0.15) is 41.1 Å². The third kappa shape index (κ3) is 4.18. The lowest BCUT2D eigenvalue weighted by molar-refractivity contribution is -0.0470. The summed E-state index contributed by atoms with van der Waals surface area (Å²) >= 11 is 0. The van der Waals surface area contributed by atoms with E-state index in [1.54, 1.807) is 12.4 Å². The van der Waals surface area contributed by atoms with E-state index in [1.165, 1.54) is 10.5 Å². The summed E-state index contributed by atoms with van der Waals surface area (Å²) in [4.78, 5) is 18.3. The van der Waals surface area contributed by atoms with E-state index in [0.29, 0.717) is 0 Å². The van der Waals surface area contributed by atoms with Crippen LogP contribution in [-0.2, 0) is 0 Å². The van der Waals surface area contributed by atoms with Crippen molar-refractivity contribution in [1.29, 1.82) is 0 Å². The highest BCUT2D eigenvalue weighted by Crippen LogP contribution is 2.29. The molecule has 138 valence electrons. The Morgan fingerprint density at radius 3 is 2.50 bits per heavy atom. The van der Waals surface area contributed by atoms with Gasteiger partial charge in [0.05, 0.1) is 6.04 Å². The van der Waals surface area contributed by atoms with Gasteiger partial charge in [0.2, 0.25) is 0 Å². The molecular formula is C20H23F2N3O. The zero-order chi connectivity index (χ0) is 18.7. The largest absolute Gasteiger partial charge is 0.327 e. The summed E-state index contributed by atoms with van der Waals surface area (Å²) in [6.45, 7) is 4.18. The minimum absolute atomic E-state index is 0.0610. The van der Waals surface area contributed by atoms with Crippen molar-refractivity contribution in [2.75, 3.05) is 13.1 Å². The molecule has 2 aromatic rings. The fraction of sp³-hybridized carbons (Fsp3) is 0.400. The Balaban J connectivity index is 1.82. The summed E-state index contributed by atoms with van der Waals surface area (Å²) in [5.41, 5.74) is 4.09. The molecule has 6 heteroatoms. The van der Waals surface area contributed by atoms with Crippen LogP contribution < -0.4 is 5.32 Å². The second kappa shape index (κ2) is 7.40. The SMILES string of the molecule is Cc1ccc(C(NC(=O)N2CCC(F)(F)CC2)c2cccnc2)cc1C. The zero-order valence-corrected chi connectivity index (χ0v) is 15.0. The number of hydrogen-bond acceptors (Lipinski definition) is 2. The van der Waals surface area contributed by atoms with E-state index in [-0.39, 0.29) is 38.0 Å². The van der Waals surface area contributed by atoms with Gasteiger partial charge < -0.3 is 10.2 Å². The average Bonchev–Trinajstić information content (AvgIpc) is 2.62. The molecule has 1 unspecified atom stereocenters. The molecule has 1 aromatic heterocycles. The van der Waals surface area contributed by atoms with Crippen molar-refractivity contribution in [3.63, 3.8) is 0 Å². The number of likely N-dealkylation sites (tertiary alicyclic amines) is 1. The number of carbonyl (C=O) groups is 1. The van der Waals surface area contributed by atoms with E-state index in [1.807, 2.05) is 44.2 Å². The van der Waals surface area contributed by atoms with Crippen LogP contribution in [-0.4, -0.2) is 34.9 Å². The number of nitrogens with zero attached hydrogens (tertiary/aromatic N) is 2. The number of aryl methyl sites for hydroxylation is 2. The molecule has 0 aliphatic carbocycles. The molecule has 0 bridgehead atoms. The highest BCUT2D eigenvalue weighted by atomic mass is 19.3. The number of piperidine rings is 1. The van der Waals surface area contributed by atoms with E-state index in [4.69, 9.17) is 0 Å². The van der Waals surface area contributed by atoms with E-state index >= 15 is 0 Å². The van der Waals surface area contributed by atoms with E-state index in [9.17, 15) is 13.6 Å². The number of nitrogens with one attached hydrogen (secondary N) is 1. The molecule has 1 aliphatic heterocycles. The third-order valence-corrected chi connectivity index (χ3v) is 4.93. The predicted octanol–water partition coefficient (Wildman–Crippen LogP) is 4.23. The number of halogens is 2. The number of amides is 2. The molecule has 1 atom stereocenters. The first-order valence-electron chi connectivity index (χ1n) is 8.76. The molecule has 2 amide bonds. The first kappa shape index (κ1) is 18.3. The monoisotopic (exact) mass is 359 g/mol. The highest BCUT2D eigenvalue weighted by Gasteiger charge is 2.36. The van der Waals surface area contributed by atoms with Crippen molar-refractivity contribution in [3.05, 3.63) is 65.0 Å². The lowest BCUT2D eigenvalue weighted by Gasteiger charge is -2.33. The second-order valence-corrected chi connectivity index (χ2v) is 6.86. The smallest absolute Gasteiger partial charge is 0.318 e. The summed E-state index contributed by atoms with van der Waals surface area (Å²) in [6, 6.07) is 9.05. The number of alkyl halides is 2. The first-order valence-corrected chi connectivity index (χ1v) is 8.76. The van der Waals surface area contributed by atoms with Gasteiger partial charge in [-0.1, -0.05) is 24.3 Å². The van der Waals surface area contributed by atoms with Gasteiger partial charge in [-0.25, -0.2) is 13.6 Å². The molecule has 0 radical (unpaired) electrons. The van der Waals surface area contributed by atoms with Crippen molar-refractivity contribution in [3.8, 4) is 0 Å². The molecule has 4 nitrogen and oxygen atoms in total. The summed E-state index contributed by atoms with van der Waals surface area (Å²) in [6.07, 6.45) is 2.81. The predicted molar refractivity (Wildman–Crippen MR) is 96.3 cm³/mol. The zero-order valence-electron chi connectivity index (χ0n) is 15.0. The van der Waals surface area contributed by atoms with Gasteiger partial charge in [-0.05, 0) is 42.2 Å². The fourth-order valence-corrected chi connectivity index (χ4v) is 3.10. The van der Waals surface area contributed by atoms with Crippen LogP contribution in [0.25, 0.3) is 0 Å². The number of carbonyl (C=O) groups excluding carboxylic acids is 1. The number of benzene rings is 1. The van der Waals surface area contributed by atoms with Gasteiger partial charge in [-0.2, -0.15) is 0 Å². The standard InChI is InChI=1S/C20H23F2N3O/c1-14-5-6-16(12-15(14)2)18(17-4-3-9-23-13-17)24-19(26)25-10-7-20(21,22)8-11-25/h3-6,9,12-13,18H,7-8,10-11H2,1-2H3,(H,24,26). The van der Waals surface area contributed by atoms with Crippen LogP contribution in [0.15, 0.2) is 42.7 Å². The minimum Gasteiger partial charge on any atom is -0.327 e. The number of rotatable bonds is 3. The Morgan fingerprint density at radius 2 is 1.88 bits per heavy atom. The molecule has 1 N–H and O–H groups in total. The molecule has 2 heterocycles. The minimum atomic E-state index is -2.67. The number of aromatic nitrogens is 1. The van der Waals surface area contributed by atoms with E-state index < -0.39 is 5.92 Å². The van der Waals surface area contributed by atoms with Gasteiger partial charge in [0, 0.05) is 38.3 Å². The molecule has 1 aliphatic rings. The Kier molecular flexibility index (Phi) is 5.20. The van der Waals surface area contributed by atoms with Crippen LogP contribution in [0, 0.1) is 13.8 Å². The van der Waals surface area contributed by atoms with Gasteiger partial charge in [0.15, 0.2) is 0 Å². The van der Waals surface area contributed by atoms with Crippen LogP contribution in [0.2, 0.25) is 0 Å². The second-order valence-electron chi connectivity index (χ2n) is 6.86. The molecular weight excluding hydrogens is 336 g/mol. The molecule has 3 rings (SSSR count). The maximum atomic E-state index is 13.3. The van der Waals surface area contributed by atoms with Crippen molar-refractivity contribution in [2.45, 2.75) is 38.7 Å². The number of pyridine rings is 1. The maximum absolute atomic E-state index is 13.3. The quantitative estimate of drug-likeness (QED) is 0.891. The Labute approximate surface area is 152 Å². The van der Waals surface area contributed by atoms with E-state index in [0.717, 1.165) is 16.7 Å². The van der Waals surface area contributed by atoms with Gasteiger partial charge in [0.1, 0.15) is 0 Å². The Morgan fingerprint density at radius 1 is 1.15 bits per heavy atom. The molecule has 26 heavy (non-hydrogen) atoms.